The van der Waals surface area contributed by atoms with Crippen LogP contribution in [0, 0.1) is 10.2 Å². The summed E-state index contributed by atoms with van der Waals surface area (Å²) in [6, 6.07) is 32.1. The Bertz CT molecular complexity index is 958. The van der Waals surface area contributed by atoms with Crippen molar-refractivity contribution in [1.29, 1.82) is 0 Å². The van der Waals surface area contributed by atoms with Gasteiger partial charge < -0.3 is 5.73 Å². The van der Waals surface area contributed by atoms with Gasteiger partial charge in [0.1, 0.15) is 15.9 Å². The summed E-state index contributed by atoms with van der Waals surface area (Å²) in [5.74, 6) is 0. The van der Waals surface area contributed by atoms with Crippen LogP contribution in [0.25, 0.3) is 0 Å². The smallest absolute Gasteiger partial charge is 0.210 e. The van der Waals surface area contributed by atoms with E-state index >= 15 is 0 Å². The van der Waals surface area contributed by atoms with E-state index in [2.05, 4.69) is 96.4 Å². The first-order valence-electron chi connectivity index (χ1n) is 8.71. The second-order valence-electron chi connectivity index (χ2n) is 6.10. The van der Waals surface area contributed by atoms with Gasteiger partial charge in [-0.15, -0.1) is 21.6 Å². The van der Waals surface area contributed by atoms with Gasteiger partial charge in [-0.1, -0.05) is 54.6 Å². The number of benzene rings is 3. The van der Waals surface area contributed by atoms with Crippen molar-refractivity contribution in [1.82, 2.24) is 4.98 Å². The van der Waals surface area contributed by atoms with E-state index in [0.717, 1.165) is 5.44 Å². The van der Waals surface area contributed by atoms with Crippen LogP contribution in [0.4, 0.5) is 5.13 Å². The lowest BCUT2D eigenvalue weighted by atomic mass is 10.4. The number of nitrogen functional groups attached to an aromatic ring is 1. The first-order valence-corrected chi connectivity index (χ1v) is 12.6. The normalized spacial score (nSPS) is 11.5. The molecule has 30 heavy (non-hydrogen) atoms. The van der Waals surface area contributed by atoms with E-state index in [1.54, 1.807) is 0 Å². The third kappa shape index (κ3) is 5.22. The van der Waals surface area contributed by atoms with Gasteiger partial charge in [0.25, 0.3) is 0 Å². The summed E-state index contributed by atoms with van der Waals surface area (Å²) >= 11 is 1.51. The van der Waals surface area contributed by atoms with E-state index in [-0.39, 0.29) is 0 Å². The molecule has 0 amide bonds. The van der Waals surface area contributed by atoms with Gasteiger partial charge in [0.05, 0.1) is 5.38 Å². The molecule has 1 aromatic heterocycles. The molecule has 0 fully saturated rings. The molecule has 4 aromatic rings. The Kier molecular flexibility index (Phi) is 7.18. The maximum atomic E-state index is 8.49. The van der Waals surface area contributed by atoms with Crippen LogP contribution in [0.5, 0.6) is 0 Å². The van der Waals surface area contributed by atoms with Crippen LogP contribution in [0.2, 0.25) is 0 Å². The lowest BCUT2D eigenvalue weighted by molar-refractivity contribution is -2.00. The summed E-state index contributed by atoms with van der Waals surface area (Å²) in [7, 11) is -7.01. The zero-order chi connectivity index (χ0) is 21.6. The lowest BCUT2D eigenvalue weighted by Gasteiger charge is -2.25. The van der Waals surface area contributed by atoms with E-state index in [1.165, 1.54) is 27.3 Å². The van der Waals surface area contributed by atoms with Crippen LogP contribution in [-0.2, 0) is 0 Å². The summed E-state index contributed by atoms with van der Waals surface area (Å²) in [4.78, 5) is 4.76. The van der Waals surface area contributed by atoms with E-state index in [1.807, 2.05) is 0 Å². The molecule has 3 aromatic carbocycles. The number of thiazole rings is 1. The second kappa shape index (κ2) is 9.64. The largest absolute Gasteiger partial charge is 0.375 e. The molecule has 0 spiro atoms. The van der Waals surface area contributed by atoms with Gasteiger partial charge in [-0.2, -0.15) is 4.98 Å². The second-order valence-corrected chi connectivity index (χ2v) is 11.1. The Labute approximate surface area is 181 Å². The van der Waals surface area contributed by atoms with Crippen molar-refractivity contribution in [2.45, 2.75) is 0 Å². The van der Waals surface area contributed by atoms with Gasteiger partial charge in [-0.05, 0) is 36.4 Å². The number of hydrogen-bond acceptors (Lipinski definition) is 7. The highest BCUT2D eigenvalue weighted by molar-refractivity contribution is 8.01. The standard InChI is InChI=1S/C21H18N2PS.ClHO4/c22-21-23-20(16-25-21)24(17-10-4-1-5-11-17,18-12-6-2-7-13-18)19-14-8-3-9-15-19;2-1(3,4)5/h1-16H,(H2,22,23);(H,2,3,4,5)/q+1;/p-1. The quantitative estimate of drug-likeness (QED) is 0.372. The molecule has 0 aliphatic carbocycles. The zero-order valence-electron chi connectivity index (χ0n) is 15.6. The molecular weight excluding hydrogens is 443 g/mol. The van der Waals surface area contributed by atoms with Gasteiger partial charge >= 0.3 is 0 Å². The molecule has 1 heterocycles. The minimum atomic E-state index is -4.94. The first kappa shape index (κ1) is 22.3. The minimum absolute atomic E-state index is 0.613. The van der Waals surface area contributed by atoms with Crippen LogP contribution in [-0.4, -0.2) is 4.98 Å². The van der Waals surface area contributed by atoms with E-state index in [0.29, 0.717) is 5.13 Å². The SMILES string of the molecule is Nc1nc([P+](c2ccccc2)(c2ccccc2)c2ccccc2)cs1.[O-][Cl+3]([O-])([O-])[O-]. The van der Waals surface area contributed by atoms with Crippen molar-refractivity contribution in [2.75, 3.05) is 5.73 Å². The van der Waals surface area contributed by atoms with Crippen molar-refractivity contribution in [3.63, 3.8) is 0 Å². The minimum Gasteiger partial charge on any atom is -0.375 e. The predicted octanol–water partition coefficient (Wildman–Crippen LogP) is -1.41. The van der Waals surface area contributed by atoms with Crippen LogP contribution in [0.15, 0.2) is 96.4 Å². The van der Waals surface area contributed by atoms with Crippen molar-refractivity contribution in [3.8, 4) is 0 Å². The molecule has 0 bridgehead atoms. The average Bonchev–Trinajstić information content (AvgIpc) is 3.16. The van der Waals surface area contributed by atoms with Crippen molar-refractivity contribution in [3.05, 3.63) is 96.4 Å². The first-order chi connectivity index (χ1) is 14.3. The highest BCUT2D eigenvalue weighted by Gasteiger charge is 2.49. The third-order valence-corrected chi connectivity index (χ3v) is 9.27. The van der Waals surface area contributed by atoms with Crippen molar-refractivity contribution >= 4 is 45.1 Å². The molecule has 6 nitrogen and oxygen atoms in total. The molecule has 0 aliphatic rings. The lowest BCUT2D eigenvalue weighted by Crippen LogP contribution is -2.68. The van der Waals surface area contributed by atoms with Crippen LogP contribution >= 0.6 is 18.6 Å². The zero-order valence-corrected chi connectivity index (χ0v) is 18.1. The Hall–Kier alpha value is -2.35. The molecule has 4 rings (SSSR count). The summed E-state index contributed by atoms with van der Waals surface area (Å²) in [6.07, 6.45) is 0. The van der Waals surface area contributed by atoms with Gasteiger partial charge in [0, 0.05) is 0 Å². The highest BCUT2D eigenvalue weighted by Crippen LogP contribution is 2.54. The van der Waals surface area contributed by atoms with Crippen molar-refractivity contribution < 1.29 is 28.9 Å². The van der Waals surface area contributed by atoms with Crippen LogP contribution < -0.4 is 45.7 Å². The summed E-state index contributed by atoms with van der Waals surface area (Å²) in [6.45, 7) is 0. The van der Waals surface area contributed by atoms with E-state index in [4.69, 9.17) is 29.4 Å². The Balaban J connectivity index is 0.000000461. The predicted molar refractivity (Wildman–Crippen MR) is 111 cm³/mol. The molecule has 0 saturated carbocycles. The molecule has 0 aliphatic heterocycles. The molecule has 2 N–H and O–H groups in total. The van der Waals surface area contributed by atoms with Crippen molar-refractivity contribution in [2.24, 2.45) is 0 Å². The monoisotopic (exact) mass is 460 g/mol. The molecule has 0 unspecified atom stereocenters. The average molecular weight is 461 g/mol. The number of nitrogens with two attached hydrogens (primary N) is 1. The van der Waals surface area contributed by atoms with Crippen LogP contribution in [0.3, 0.4) is 0 Å². The number of rotatable bonds is 4. The van der Waals surface area contributed by atoms with E-state index < -0.39 is 17.5 Å². The summed E-state index contributed by atoms with van der Waals surface area (Å²) in [5, 5.41) is 6.60. The molecule has 0 atom stereocenters. The number of aromatic nitrogens is 1. The summed E-state index contributed by atoms with van der Waals surface area (Å²) in [5.41, 5.74) is 7.10. The fraction of sp³-hybridized carbons (Fsp3) is 0. The van der Waals surface area contributed by atoms with Gasteiger partial charge in [-0.25, -0.2) is 18.6 Å². The topological polar surface area (TPSA) is 131 Å². The summed E-state index contributed by atoms with van der Waals surface area (Å²) < 4.78 is 34.0. The number of nitrogens with zero attached hydrogens (tertiary/aromatic N) is 1. The molecule has 0 radical (unpaired) electrons. The highest BCUT2D eigenvalue weighted by atomic mass is 35.7. The Morgan fingerprint density at radius 3 is 1.27 bits per heavy atom. The molecule has 154 valence electrons. The van der Waals surface area contributed by atoms with E-state index in [9.17, 15) is 0 Å². The fourth-order valence-electron chi connectivity index (χ4n) is 3.23. The number of anilines is 1. The maximum Gasteiger partial charge on any atom is 0.210 e. The third-order valence-electron chi connectivity index (χ3n) is 4.28. The Morgan fingerprint density at radius 1 is 0.667 bits per heavy atom. The fourth-order valence-corrected chi connectivity index (χ4v) is 8.32. The number of hydrogen-bond donors (Lipinski definition) is 1. The number of halogens is 1. The molecule has 9 heteroatoms. The maximum absolute atomic E-state index is 8.49. The van der Waals surface area contributed by atoms with Gasteiger partial charge in [0.15, 0.2) is 12.4 Å². The Morgan fingerprint density at radius 2 is 1.00 bits per heavy atom. The molecular formula is C21H18ClN2O4PS. The van der Waals surface area contributed by atoms with Gasteiger partial charge in [-0.3, -0.25) is 0 Å². The van der Waals surface area contributed by atoms with Crippen LogP contribution in [0.1, 0.15) is 0 Å². The van der Waals surface area contributed by atoms with Gasteiger partial charge in [0.2, 0.25) is 5.44 Å². The molecule has 0 saturated heterocycles.